The van der Waals surface area contributed by atoms with Gasteiger partial charge in [0.1, 0.15) is 17.3 Å². The van der Waals surface area contributed by atoms with E-state index in [9.17, 15) is 19.2 Å². The van der Waals surface area contributed by atoms with Crippen molar-refractivity contribution < 1.29 is 18.7 Å². The lowest BCUT2D eigenvalue weighted by Crippen LogP contribution is -2.47. The van der Waals surface area contributed by atoms with E-state index in [4.69, 9.17) is 9.84 Å². The van der Waals surface area contributed by atoms with Gasteiger partial charge >= 0.3 is 0 Å². The molecule has 0 saturated heterocycles. The Morgan fingerprint density at radius 1 is 1.13 bits per heavy atom. The van der Waals surface area contributed by atoms with E-state index in [1.165, 1.54) is 6.07 Å². The molecule has 0 radical (unpaired) electrons. The standard InChI is InChI=1S/C30H29FN4O3/c1-5-14-38-27-13-12-21(16-26(27)31)28-22(18-34(33-28)23-10-8-7-9-11-23)15-24-20(4)25(17-32)30(37)35(29(24)36)19(3)6-2/h7-13,15-16,18-19H,5-6,14H2,1-4H3/b24-15+. The zero-order valence-corrected chi connectivity index (χ0v) is 21.9. The summed E-state index contributed by atoms with van der Waals surface area (Å²) in [6.07, 6.45) is 4.67. The van der Waals surface area contributed by atoms with Crippen LogP contribution in [0.3, 0.4) is 0 Å². The van der Waals surface area contributed by atoms with Crippen molar-refractivity contribution in [2.45, 2.75) is 46.6 Å². The highest BCUT2D eigenvalue weighted by Crippen LogP contribution is 2.33. The van der Waals surface area contributed by atoms with Crippen LogP contribution in [-0.4, -0.2) is 39.1 Å². The fourth-order valence-corrected chi connectivity index (χ4v) is 4.25. The maximum Gasteiger partial charge on any atom is 0.271 e. The number of rotatable bonds is 8. The van der Waals surface area contributed by atoms with E-state index in [2.05, 4.69) is 0 Å². The molecule has 0 bridgehead atoms. The van der Waals surface area contributed by atoms with Crippen LogP contribution in [0.1, 0.15) is 46.1 Å². The number of halogens is 1. The second kappa shape index (κ2) is 11.3. The number of hydrogen-bond donors (Lipinski definition) is 0. The van der Waals surface area contributed by atoms with E-state index in [1.807, 2.05) is 50.2 Å². The number of carbonyl (C=O) groups excluding carboxylic acids is 2. The Bertz CT molecular complexity index is 1480. The van der Waals surface area contributed by atoms with Crippen molar-refractivity contribution in [3.05, 3.63) is 82.8 Å². The molecular formula is C30H29FN4O3. The van der Waals surface area contributed by atoms with Crippen molar-refractivity contribution in [3.8, 4) is 28.8 Å². The number of nitrogens with zero attached hydrogens (tertiary/aromatic N) is 4. The average Bonchev–Trinajstić information content (AvgIpc) is 3.35. The third-order valence-electron chi connectivity index (χ3n) is 6.53. The number of amides is 2. The maximum atomic E-state index is 14.9. The fourth-order valence-electron chi connectivity index (χ4n) is 4.25. The summed E-state index contributed by atoms with van der Waals surface area (Å²) in [5.74, 6) is -1.44. The summed E-state index contributed by atoms with van der Waals surface area (Å²) < 4.78 is 22.0. The molecule has 2 heterocycles. The van der Waals surface area contributed by atoms with Crippen LogP contribution in [0.25, 0.3) is 23.0 Å². The number of carbonyl (C=O) groups is 2. The quantitative estimate of drug-likeness (QED) is 0.279. The van der Waals surface area contributed by atoms with Gasteiger partial charge in [0.05, 0.1) is 12.3 Å². The van der Waals surface area contributed by atoms with Crippen molar-refractivity contribution in [2.24, 2.45) is 0 Å². The molecule has 4 rings (SSSR count). The van der Waals surface area contributed by atoms with Gasteiger partial charge in [0.15, 0.2) is 11.6 Å². The summed E-state index contributed by atoms with van der Waals surface area (Å²) in [5.41, 5.74) is 2.69. The monoisotopic (exact) mass is 512 g/mol. The minimum atomic E-state index is -0.591. The molecule has 1 atom stereocenters. The molecule has 1 unspecified atom stereocenters. The lowest BCUT2D eigenvalue weighted by molar-refractivity contribution is -0.142. The Morgan fingerprint density at radius 2 is 1.87 bits per heavy atom. The number of imide groups is 1. The third kappa shape index (κ3) is 5.00. The molecule has 2 amide bonds. The largest absolute Gasteiger partial charge is 0.491 e. The van der Waals surface area contributed by atoms with Crippen LogP contribution >= 0.6 is 0 Å². The van der Waals surface area contributed by atoms with Gasteiger partial charge in [0.25, 0.3) is 11.8 Å². The molecule has 1 aliphatic heterocycles. The van der Waals surface area contributed by atoms with Crippen molar-refractivity contribution in [1.82, 2.24) is 14.7 Å². The lowest BCUT2D eigenvalue weighted by atomic mass is 9.92. The van der Waals surface area contributed by atoms with Gasteiger partial charge in [-0.2, -0.15) is 10.4 Å². The topological polar surface area (TPSA) is 88.2 Å². The van der Waals surface area contributed by atoms with Crippen molar-refractivity contribution in [2.75, 3.05) is 6.61 Å². The minimum absolute atomic E-state index is 0.0726. The Morgan fingerprint density at radius 3 is 2.50 bits per heavy atom. The predicted octanol–water partition coefficient (Wildman–Crippen LogP) is 5.86. The van der Waals surface area contributed by atoms with Gasteiger partial charge in [0.2, 0.25) is 0 Å². The summed E-state index contributed by atoms with van der Waals surface area (Å²) in [5, 5.41) is 14.4. The Labute approximate surface area is 221 Å². The molecule has 2 aromatic carbocycles. The summed E-state index contributed by atoms with van der Waals surface area (Å²) in [7, 11) is 0. The zero-order valence-electron chi connectivity index (χ0n) is 21.9. The first-order valence-electron chi connectivity index (χ1n) is 12.6. The highest BCUT2D eigenvalue weighted by molar-refractivity contribution is 6.20. The van der Waals surface area contributed by atoms with Gasteiger partial charge in [-0.05, 0) is 68.7 Å². The molecule has 1 aromatic heterocycles. The van der Waals surface area contributed by atoms with Gasteiger partial charge in [-0.25, -0.2) is 9.07 Å². The van der Waals surface area contributed by atoms with Crippen LogP contribution in [0.5, 0.6) is 5.75 Å². The highest BCUT2D eigenvalue weighted by Gasteiger charge is 2.37. The number of para-hydroxylation sites is 1. The van der Waals surface area contributed by atoms with E-state index in [0.717, 1.165) is 17.0 Å². The van der Waals surface area contributed by atoms with E-state index < -0.39 is 17.6 Å². The Hall–Kier alpha value is -4.51. The van der Waals surface area contributed by atoms with Crippen molar-refractivity contribution in [3.63, 3.8) is 0 Å². The second-order valence-corrected chi connectivity index (χ2v) is 9.11. The molecule has 0 aliphatic carbocycles. The fraction of sp³-hybridized carbons (Fsp3) is 0.267. The van der Waals surface area contributed by atoms with Crippen LogP contribution in [0.2, 0.25) is 0 Å². The van der Waals surface area contributed by atoms with Gasteiger partial charge in [-0.3, -0.25) is 14.5 Å². The summed E-state index contributed by atoms with van der Waals surface area (Å²) in [6, 6.07) is 15.6. The molecule has 7 nitrogen and oxygen atoms in total. The first-order valence-corrected chi connectivity index (χ1v) is 12.6. The third-order valence-corrected chi connectivity index (χ3v) is 6.53. The maximum absolute atomic E-state index is 14.9. The van der Waals surface area contributed by atoms with E-state index >= 15 is 0 Å². The van der Waals surface area contributed by atoms with E-state index in [-0.39, 0.29) is 22.9 Å². The van der Waals surface area contributed by atoms with E-state index in [1.54, 1.807) is 42.9 Å². The normalized spacial score (nSPS) is 15.7. The number of benzene rings is 2. The first-order chi connectivity index (χ1) is 18.3. The molecule has 38 heavy (non-hydrogen) atoms. The van der Waals surface area contributed by atoms with Crippen LogP contribution < -0.4 is 4.74 Å². The molecule has 0 N–H and O–H groups in total. The molecule has 0 fully saturated rings. The van der Waals surface area contributed by atoms with Crippen LogP contribution in [-0.2, 0) is 9.59 Å². The molecule has 1 aliphatic rings. The number of ether oxygens (including phenoxy) is 1. The van der Waals surface area contributed by atoms with Gasteiger partial charge < -0.3 is 4.74 Å². The molecule has 8 heteroatoms. The van der Waals surface area contributed by atoms with Crippen LogP contribution in [0.4, 0.5) is 4.39 Å². The molecule has 0 spiro atoms. The smallest absolute Gasteiger partial charge is 0.271 e. The van der Waals surface area contributed by atoms with Gasteiger partial charge in [0, 0.05) is 28.9 Å². The van der Waals surface area contributed by atoms with Crippen molar-refractivity contribution in [1.29, 1.82) is 5.26 Å². The average molecular weight is 513 g/mol. The summed E-state index contributed by atoms with van der Waals surface area (Å²) >= 11 is 0. The van der Waals surface area contributed by atoms with Gasteiger partial charge in [-0.15, -0.1) is 0 Å². The number of aromatic nitrogens is 2. The highest BCUT2D eigenvalue weighted by atomic mass is 19.1. The Kier molecular flexibility index (Phi) is 7.87. The number of nitriles is 1. The zero-order chi connectivity index (χ0) is 27.4. The second-order valence-electron chi connectivity index (χ2n) is 9.11. The minimum Gasteiger partial charge on any atom is -0.491 e. The van der Waals surface area contributed by atoms with Crippen LogP contribution in [0.15, 0.2) is 71.4 Å². The SMILES string of the molecule is CCCOc1ccc(-c2nn(-c3ccccc3)cc2/C=C2/C(=O)N(C(C)CC)C(=O)C(C#N)=C2C)cc1F. The summed E-state index contributed by atoms with van der Waals surface area (Å²) in [4.78, 5) is 27.6. The Balaban J connectivity index is 1.90. The molecule has 194 valence electrons. The molecular weight excluding hydrogens is 483 g/mol. The van der Waals surface area contributed by atoms with Crippen molar-refractivity contribution >= 4 is 17.9 Å². The summed E-state index contributed by atoms with van der Waals surface area (Å²) in [6.45, 7) is 7.58. The first kappa shape index (κ1) is 26.6. The van der Waals surface area contributed by atoms with Crippen LogP contribution in [0, 0.1) is 17.1 Å². The van der Waals surface area contributed by atoms with Gasteiger partial charge in [-0.1, -0.05) is 32.0 Å². The van der Waals surface area contributed by atoms with E-state index in [0.29, 0.717) is 35.4 Å². The number of hydrogen-bond acceptors (Lipinski definition) is 5. The molecule has 0 saturated carbocycles. The molecule has 3 aromatic rings. The predicted molar refractivity (Wildman–Crippen MR) is 143 cm³/mol. The lowest BCUT2D eigenvalue weighted by Gasteiger charge is -2.31.